The third-order valence-electron chi connectivity index (χ3n) is 2.76. The zero-order valence-electron chi connectivity index (χ0n) is 12.1. The van der Waals surface area contributed by atoms with E-state index < -0.39 is 11.9 Å². The van der Waals surface area contributed by atoms with Crippen LogP contribution in [0.4, 0.5) is 5.69 Å². The number of rotatable bonds is 9. The summed E-state index contributed by atoms with van der Waals surface area (Å²) < 4.78 is 0. The van der Waals surface area contributed by atoms with Gasteiger partial charge in [-0.15, -0.1) is 0 Å². The average Bonchev–Trinajstić information content (AvgIpc) is 2.52. The fourth-order valence-corrected chi connectivity index (χ4v) is 1.63. The van der Waals surface area contributed by atoms with Gasteiger partial charge in [0.15, 0.2) is 0 Å². The lowest BCUT2D eigenvalue weighted by Crippen LogP contribution is -2.26. The Labute approximate surface area is 128 Å². The van der Waals surface area contributed by atoms with Crippen LogP contribution in [-0.2, 0) is 9.59 Å². The molecule has 1 rings (SSSR count). The van der Waals surface area contributed by atoms with Crippen LogP contribution < -0.4 is 10.6 Å². The molecule has 1 aromatic rings. The van der Waals surface area contributed by atoms with Gasteiger partial charge in [0.05, 0.1) is 11.9 Å². The van der Waals surface area contributed by atoms with Crippen molar-refractivity contribution in [2.45, 2.75) is 25.7 Å². The van der Waals surface area contributed by atoms with E-state index in [1.54, 1.807) is 24.5 Å². The Morgan fingerprint density at radius 3 is 2.82 bits per heavy atom. The Balaban J connectivity index is 2.32. The average molecular weight is 302 g/mol. The first-order chi connectivity index (χ1) is 10.6. The zero-order chi connectivity index (χ0) is 16.2. The lowest BCUT2D eigenvalue weighted by Gasteiger charge is -2.04. The van der Waals surface area contributed by atoms with E-state index in [0.717, 1.165) is 0 Å². The van der Waals surface area contributed by atoms with Crippen molar-refractivity contribution in [2.24, 2.45) is 0 Å². The smallest absolute Gasteiger partial charge is 0.303 e. The van der Waals surface area contributed by atoms with Gasteiger partial charge < -0.3 is 15.7 Å². The molecular weight excluding hydrogens is 284 g/mol. The van der Waals surface area contributed by atoms with Crippen LogP contribution >= 0.6 is 0 Å². The third-order valence-corrected chi connectivity index (χ3v) is 2.76. The Morgan fingerprint density at radius 1 is 1.36 bits per heavy atom. The highest BCUT2D eigenvalue weighted by Gasteiger charge is 2.07. The molecule has 0 saturated carbocycles. The van der Waals surface area contributed by atoms with Crippen molar-refractivity contribution in [3.8, 4) is 6.07 Å². The molecule has 0 bridgehead atoms. The number of anilines is 1. The van der Waals surface area contributed by atoms with E-state index in [1.807, 2.05) is 6.07 Å². The molecule has 0 fully saturated rings. The highest BCUT2D eigenvalue weighted by molar-refractivity contribution is 5.97. The van der Waals surface area contributed by atoms with E-state index in [9.17, 15) is 9.59 Å². The second-order valence-corrected chi connectivity index (χ2v) is 4.52. The van der Waals surface area contributed by atoms with Crippen LogP contribution in [0.15, 0.2) is 36.3 Å². The summed E-state index contributed by atoms with van der Waals surface area (Å²) in [6, 6.07) is 5.33. The highest BCUT2D eigenvalue weighted by atomic mass is 16.4. The van der Waals surface area contributed by atoms with Crippen LogP contribution in [0.1, 0.15) is 25.7 Å². The van der Waals surface area contributed by atoms with E-state index in [0.29, 0.717) is 31.5 Å². The normalized spacial score (nSPS) is 10.6. The number of aliphatic carboxylic acids is 1. The Morgan fingerprint density at radius 2 is 2.18 bits per heavy atom. The summed E-state index contributed by atoms with van der Waals surface area (Å²) in [5.74, 6) is -1.28. The Bertz CT molecular complexity index is 564. The molecule has 1 aromatic heterocycles. The summed E-state index contributed by atoms with van der Waals surface area (Å²) in [6.45, 7) is 0.407. The molecular formula is C15H18N4O3. The molecule has 0 aromatic carbocycles. The molecule has 0 unspecified atom stereocenters. The van der Waals surface area contributed by atoms with E-state index in [1.165, 1.54) is 6.20 Å². The largest absolute Gasteiger partial charge is 0.481 e. The molecule has 0 aliphatic rings. The summed E-state index contributed by atoms with van der Waals surface area (Å²) in [5, 5.41) is 22.9. The van der Waals surface area contributed by atoms with Crippen LogP contribution in [-0.4, -0.2) is 28.5 Å². The molecule has 0 saturated heterocycles. The summed E-state index contributed by atoms with van der Waals surface area (Å²) >= 11 is 0. The van der Waals surface area contributed by atoms with E-state index in [4.69, 9.17) is 10.4 Å². The molecule has 116 valence electrons. The van der Waals surface area contributed by atoms with Crippen molar-refractivity contribution in [2.75, 3.05) is 11.9 Å². The molecule has 0 atom stereocenters. The first-order valence-corrected chi connectivity index (χ1v) is 6.90. The predicted octanol–water partition coefficient (Wildman–Crippen LogP) is 1.66. The van der Waals surface area contributed by atoms with Gasteiger partial charge in [-0.3, -0.25) is 14.6 Å². The highest BCUT2D eigenvalue weighted by Crippen LogP contribution is 2.04. The number of nitriles is 1. The number of nitrogens with zero attached hydrogens (tertiary/aromatic N) is 2. The summed E-state index contributed by atoms with van der Waals surface area (Å²) in [4.78, 5) is 26.0. The molecule has 7 heteroatoms. The lowest BCUT2D eigenvalue weighted by molar-refractivity contribution is -0.137. The van der Waals surface area contributed by atoms with Crippen molar-refractivity contribution >= 4 is 17.6 Å². The molecule has 0 radical (unpaired) electrons. The maximum absolute atomic E-state index is 11.8. The minimum atomic E-state index is -0.819. The van der Waals surface area contributed by atoms with Crippen LogP contribution in [0.5, 0.6) is 0 Å². The maximum Gasteiger partial charge on any atom is 0.303 e. The number of nitrogens with one attached hydrogen (secondary N) is 2. The molecule has 7 nitrogen and oxygen atoms in total. The minimum absolute atomic E-state index is 0.0330. The number of carbonyl (C=O) groups is 2. The first-order valence-electron chi connectivity index (χ1n) is 6.90. The van der Waals surface area contributed by atoms with Crippen molar-refractivity contribution in [3.63, 3.8) is 0 Å². The van der Waals surface area contributed by atoms with Crippen LogP contribution in [0.2, 0.25) is 0 Å². The van der Waals surface area contributed by atoms with Crippen LogP contribution in [0, 0.1) is 11.3 Å². The van der Waals surface area contributed by atoms with Gasteiger partial charge in [-0.1, -0.05) is 6.42 Å². The zero-order valence-corrected chi connectivity index (χ0v) is 12.1. The van der Waals surface area contributed by atoms with E-state index in [2.05, 4.69) is 15.6 Å². The van der Waals surface area contributed by atoms with Gasteiger partial charge in [0.1, 0.15) is 11.6 Å². The van der Waals surface area contributed by atoms with Gasteiger partial charge in [0.2, 0.25) is 0 Å². The standard InChI is InChI=1S/C15H18N4O3/c16-9-12(10-19-13-5-4-7-17-11-13)15(22)18-8-3-1-2-6-14(20)21/h4-5,7,10-11,19H,1-3,6,8H2,(H,18,22)(H,20,21)/b12-10-. The second-order valence-electron chi connectivity index (χ2n) is 4.52. The number of hydrogen-bond acceptors (Lipinski definition) is 5. The number of carboxylic acids is 1. The molecule has 22 heavy (non-hydrogen) atoms. The fourth-order valence-electron chi connectivity index (χ4n) is 1.63. The number of carbonyl (C=O) groups excluding carboxylic acids is 1. The summed E-state index contributed by atoms with van der Waals surface area (Å²) in [7, 11) is 0. The quantitative estimate of drug-likeness (QED) is 0.363. The van der Waals surface area contributed by atoms with E-state index in [-0.39, 0.29) is 12.0 Å². The van der Waals surface area contributed by atoms with Crippen LogP contribution in [0.25, 0.3) is 0 Å². The molecule has 1 amide bonds. The number of pyridine rings is 1. The van der Waals surface area contributed by atoms with E-state index >= 15 is 0 Å². The Kier molecular flexibility index (Phi) is 7.76. The van der Waals surface area contributed by atoms with Gasteiger partial charge in [-0.25, -0.2) is 0 Å². The van der Waals surface area contributed by atoms with Crippen molar-refractivity contribution in [1.82, 2.24) is 10.3 Å². The number of aromatic nitrogens is 1. The fraction of sp³-hybridized carbons (Fsp3) is 0.333. The minimum Gasteiger partial charge on any atom is -0.481 e. The molecule has 0 aliphatic carbocycles. The third kappa shape index (κ3) is 7.05. The lowest BCUT2D eigenvalue weighted by atomic mass is 10.2. The predicted molar refractivity (Wildman–Crippen MR) is 80.7 cm³/mol. The van der Waals surface area contributed by atoms with Gasteiger partial charge in [-0.2, -0.15) is 5.26 Å². The number of carboxylic acid groups (broad SMARTS) is 1. The Hall–Kier alpha value is -2.88. The van der Waals surface area contributed by atoms with Gasteiger partial charge in [0, 0.05) is 25.4 Å². The SMILES string of the molecule is N#C/C(=C/Nc1cccnc1)C(=O)NCCCCCC(=O)O. The second kappa shape index (κ2) is 9.94. The number of hydrogen-bond donors (Lipinski definition) is 3. The first kappa shape index (κ1) is 17.2. The van der Waals surface area contributed by atoms with Gasteiger partial charge in [0.25, 0.3) is 5.91 Å². The molecule has 3 N–H and O–H groups in total. The number of unbranched alkanes of at least 4 members (excludes halogenated alkanes) is 2. The number of amides is 1. The summed E-state index contributed by atoms with van der Waals surface area (Å²) in [5.41, 5.74) is 0.645. The molecule has 0 aliphatic heterocycles. The molecule has 0 spiro atoms. The summed E-state index contributed by atoms with van der Waals surface area (Å²) in [6.07, 6.45) is 6.63. The monoisotopic (exact) mass is 302 g/mol. The van der Waals surface area contributed by atoms with Gasteiger partial charge in [-0.05, 0) is 25.0 Å². The molecule has 1 heterocycles. The van der Waals surface area contributed by atoms with Crippen molar-refractivity contribution in [3.05, 3.63) is 36.3 Å². The van der Waals surface area contributed by atoms with Crippen LogP contribution in [0.3, 0.4) is 0 Å². The van der Waals surface area contributed by atoms with Gasteiger partial charge >= 0.3 is 5.97 Å². The topological polar surface area (TPSA) is 115 Å². The van der Waals surface area contributed by atoms with Crippen molar-refractivity contribution in [1.29, 1.82) is 5.26 Å². The van der Waals surface area contributed by atoms with Crippen molar-refractivity contribution < 1.29 is 14.7 Å². The maximum atomic E-state index is 11.8.